The van der Waals surface area contributed by atoms with E-state index in [-0.39, 0.29) is 23.2 Å². The van der Waals surface area contributed by atoms with Gasteiger partial charge in [-0.3, -0.25) is 9.69 Å². The first-order valence-electron chi connectivity index (χ1n) is 7.38. The van der Waals surface area contributed by atoms with Gasteiger partial charge in [-0.25, -0.2) is 4.39 Å². The maximum absolute atomic E-state index is 13.0. The van der Waals surface area contributed by atoms with E-state index in [0.29, 0.717) is 5.56 Å². The average Bonchev–Trinajstić information content (AvgIpc) is 2.38. The van der Waals surface area contributed by atoms with Gasteiger partial charge in [-0.15, -0.1) is 0 Å². The molecular weight excluding hydrogens is 269 g/mol. The van der Waals surface area contributed by atoms with E-state index in [4.69, 9.17) is 5.73 Å². The maximum Gasteiger partial charge on any atom is 0.253 e. The Hall–Kier alpha value is -1.62. The van der Waals surface area contributed by atoms with E-state index in [9.17, 15) is 9.18 Å². The highest BCUT2D eigenvalue weighted by Crippen LogP contribution is 2.21. The number of carbonyl (C=O) groups excluding carboxylic acids is 1. The summed E-state index contributed by atoms with van der Waals surface area (Å²) in [7, 11) is 0. The van der Waals surface area contributed by atoms with Gasteiger partial charge in [0.25, 0.3) is 5.91 Å². The molecule has 3 N–H and O–H groups in total. The lowest BCUT2D eigenvalue weighted by Gasteiger charge is -2.41. The summed E-state index contributed by atoms with van der Waals surface area (Å²) in [5.41, 5.74) is 6.38. The third kappa shape index (κ3) is 3.94. The van der Waals surface area contributed by atoms with Gasteiger partial charge in [-0.05, 0) is 51.8 Å². The number of halogens is 1. The minimum Gasteiger partial charge on any atom is -0.398 e. The second kappa shape index (κ2) is 6.02. The van der Waals surface area contributed by atoms with Gasteiger partial charge in [0, 0.05) is 30.4 Å². The smallest absolute Gasteiger partial charge is 0.253 e. The Kier molecular flexibility index (Phi) is 4.52. The summed E-state index contributed by atoms with van der Waals surface area (Å²) < 4.78 is 13.0. The molecule has 21 heavy (non-hydrogen) atoms. The van der Waals surface area contributed by atoms with E-state index >= 15 is 0 Å². The molecule has 1 heterocycles. The van der Waals surface area contributed by atoms with Gasteiger partial charge < -0.3 is 11.1 Å². The van der Waals surface area contributed by atoms with Gasteiger partial charge in [0.2, 0.25) is 0 Å². The van der Waals surface area contributed by atoms with Crippen molar-refractivity contribution in [2.45, 2.75) is 45.2 Å². The van der Waals surface area contributed by atoms with Crippen LogP contribution in [0, 0.1) is 5.82 Å². The molecule has 1 fully saturated rings. The number of nitrogens with two attached hydrogens (primary N) is 1. The summed E-state index contributed by atoms with van der Waals surface area (Å²) in [6.07, 6.45) is 1.84. The van der Waals surface area contributed by atoms with E-state index in [1.54, 1.807) is 0 Å². The first kappa shape index (κ1) is 15.8. The number of nitrogens with one attached hydrogen (secondary N) is 1. The molecule has 0 radical (unpaired) electrons. The Morgan fingerprint density at radius 3 is 2.48 bits per heavy atom. The molecule has 116 valence electrons. The number of likely N-dealkylation sites (tertiary alicyclic amines) is 1. The molecule has 0 atom stereocenters. The Bertz CT molecular complexity index is 517. The first-order chi connectivity index (χ1) is 9.77. The molecule has 1 aromatic rings. The lowest BCUT2D eigenvalue weighted by Crippen LogP contribution is -2.50. The van der Waals surface area contributed by atoms with E-state index < -0.39 is 5.82 Å². The fourth-order valence-corrected chi connectivity index (χ4v) is 2.70. The molecule has 2 rings (SSSR count). The molecule has 4 nitrogen and oxygen atoms in total. The van der Waals surface area contributed by atoms with Crippen LogP contribution in [0.5, 0.6) is 0 Å². The topological polar surface area (TPSA) is 58.4 Å². The standard InChI is InChI=1S/C16H24FN3O/c1-16(2,3)20-8-6-12(7-9-20)19-15(21)13-5-4-11(17)10-14(13)18/h4-5,10,12H,6-9,18H2,1-3H3,(H,19,21). The Morgan fingerprint density at radius 2 is 1.95 bits per heavy atom. The van der Waals surface area contributed by atoms with E-state index in [1.807, 2.05) is 0 Å². The van der Waals surface area contributed by atoms with Gasteiger partial charge in [0.05, 0.1) is 5.56 Å². The summed E-state index contributed by atoms with van der Waals surface area (Å²) in [5.74, 6) is -0.649. The second-order valence-electron chi connectivity index (χ2n) is 6.64. The van der Waals surface area contributed by atoms with Gasteiger partial charge in [0.15, 0.2) is 0 Å². The zero-order valence-electron chi connectivity index (χ0n) is 12.9. The molecule has 0 unspecified atom stereocenters. The van der Waals surface area contributed by atoms with E-state index in [0.717, 1.165) is 25.9 Å². The molecule has 0 bridgehead atoms. The molecule has 0 saturated carbocycles. The van der Waals surface area contributed by atoms with Crippen LogP contribution >= 0.6 is 0 Å². The van der Waals surface area contributed by atoms with Crippen molar-refractivity contribution in [3.63, 3.8) is 0 Å². The van der Waals surface area contributed by atoms with Crippen LogP contribution in [-0.4, -0.2) is 35.5 Å². The monoisotopic (exact) mass is 293 g/mol. The highest BCUT2D eigenvalue weighted by Gasteiger charge is 2.27. The van der Waals surface area contributed by atoms with Crippen LogP contribution in [0.3, 0.4) is 0 Å². The second-order valence-corrected chi connectivity index (χ2v) is 6.64. The molecule has 5 heteroatoms. The van der Waals surface area contributed by atoms with Crippen molar-refractivity contribution in [3.8, 4) is 0 Å². The van der Waals surface area contributed by atoms with Gasteiger partial charge >= 0.3 is 0 Å². The molecule has 1 aliphatic rings. The molecule has 0 aromatic heterocycles. The highest BCUT2D eigenvalue weighted by molar-refractivity contribution is 5.99. The molecule has 1 aliphatic heterocycles. The first-order valence-corrected chi connectivity index (χ1v) is 7.38. The zero-order chi connectivity index (χ0) is 15.6. The van der Waals surface area contributed by atoms with Crippen molar-refractivity contribution in [3.05, 3.63) is 29.6 Å². The number of hydrogen-bond donors (Lipinski definition) is 2. The fourth-order valence-electron chi connectivity index (χ4n) is 2.70. The molecule has 1 aromatic carbocycles. The third-order valence-corrected chi connectivity index (χ3v) is 4.04. The lowest BCUT2D eigenvalue weighted by molar-refractivity contribution is 0.0813. The van der Waals surface area contributed by atoms with E-state index in [1.165, 1.54) is 18.2 Å². The number of nitrogens with zero attached hydrogens (tertiary/aromatic N) is 1. The normalized spacial score (nSPS) is 17.7. The van der Waals surface area contributed by atoms with E-state index in [2.05, 4.69) is 31.0 Å². The highest BCUT2D eigenvalue weighted by atomic mass is 19.1. The number of rotatable bonds is 2. The molecule has 1 amide bonds. The predicted octanol–water partition coefficient (Wildman–Crippen LogP) is 2.40. The minimum atomic E-state index is -0.428. The minimum absolute atomic E-state index is 0.153. The van der Waals surface area contributed by atoms with Crippen LogP contribution in [0.25, 0.3) is 0 Å². The molecule has 0 spiro atoms. The number of piperidine rings is 1. The summed E-state index contributed by atoms with van der Waals surface area (Å²) in [4.78, 5) is 14.6. The summed E-state index contributed by atoms with van der Waals surface area (Å²) in [6.45, 7) is 8.53. The van der Waals surface area contributed by atoms with Crippen molar-refractivity contribution >= 4 is 11.6 Å². The Labute approximate surface area is 125 Å². The third-order valence-electron chi connectivity index (χ3n) is 4.04. The lowest BCUT2D eigenvalue weighted by atomic mass is 9.98. The maximum atomic E-state index is 13.0. The zero-order valence-corrected chi connectivity index (χ0v) is 12.9. The van der Waals surface area contributed by atoms with Crippen LogP contribution in [0.15, 0.2) is 18.2 Å². The average molecular weight is 293 g/mol. The van der Waals surface area contributed by atoms with Crippen LogP contribution in [0.2, 0.25) is 0 Å². The van der Waals surface area contributed by atoms with Crippen molar-refractivity contribution < 1.29 is 9.18 Å². The number of nitrogen functional groups attached to an aromatic ring is 1. The quantitative estimate of drug-likeness (QED) is 0.823. The predicted molar refractivity (Wildman–Crippen MR) is 82.6 cm³/mol. The van der Waals surface area contributed by atoms with Gasteiger partial charge in [-0.2, -0.15) is 0 Å². The number of carbonyl (C=O) groups is 1. The summed E-state index contributed by atoms with van der Waals surface area (Å²) in [5, 5.41) is 3.00. The fraction of sp³-hybridized carbons (Fsp3) is 0.562. The summed E-state index contributed by atoms with van der Waals surface area (Å²) >= 11 is 0. The number of hydrogen-bond acceptors (Lipinski definition) is 3. The number of amides is 1. The Balaban J connectivity index is 1.93. The van der Waals surface area contributed by atoms with Crippen LogP contribution < -0.4 is 11.1 Å². The van der Waals surface area contributed by atoms with Crippen molar-refractivity contribution in [2.24, 2.45) is 0 Å². The van der Waals surface area contributed by atoms with Crippen LogP contribution in [0.4, 0.5) is 10.1 Å². The van der Waals surface area contributed by atoms with Gasteiger partial charge in [0.1, 0.15) is 5.82 Å². The summed E-state index contributed by atoms with van der Waals surface area (Å²) in [6, 6.07) is 4.02. The van der Waals surface area contributed by atoms with Gasteiger partial charge in [-0.1, -0.05) is 0 Å². The molecule has 1 saturated heterocycles. The SMILES string of the molecule is CC(C)(C)N1CCC(NC(=O)c2ccc(F)cc2N)CC1. The van der Waals surface area contributed by atoms with Crippen molar-refractivity contribution in [1.29, 1.82) is 0 Å². The van der Waals surface area contributed by atoms with Crippen molar-refractivity contribution in [2.75, 3.05) is 18.8 Å². The number of benzene rings is 1. The molecular formula is C16H24FN3O. The number of anilines is 1. The van der Waals surface area contributed by atoms with Crippen LogP contribution in [0.1, 0.15) is 44.0 Å². The Morgan fingerprint density at radius 1 is 1.33 bits per heavy atom. The van der Waals surface area contributed by atoms with Crippen molar-refractivity contribution in [1.82, 2.24) is 10.2 Å². The molecule has 0 aliphatic carbocycles. The largest absolute Gasteiger partial charge is 0.398 e. The van der Waals surface area contributed by atoms with Crippen LogP contribution in [-0.2, 0) is 0 Å².